The van der Waals surface area contributed by atoms with Gasteiger partial charge in [0, 0.05) is 11.6 Å². The number of benzene rings is 1. The maximum atomic E-state index is 11.9. The van der Waals surface area contributed by atoms with Crippen molar-refractivity contribution in [2.24, 2.45) is 0 Å². The van der Waals surface area contributed by atoms with Crippen LogP contribution in [0.3, 0.4) is 0 Å². The zero-order chi connectivity index (χ0) is 13.1. The molecule has 18 heavy (non-hydrogen) atoms. The van der Waals surface area contributed by atoms with Crippen molar-refractivity contribution in [2.45, 2.75) is 6.92 Å². The van der Waals surface area contributed by atoms with Gasteiger partial charge >= 0.3 is 5.97 Å². The molecule has 1 aromatic carbocycles. The van der Waals surface area contributed by atoms with Crippen molar-refractivity contribution in [3.63, 3.8) is 0 Å². The van der Waals surface area contributed by atoms with E-state index in [0.717, 1.165) is 5.56 Å². The summed E-state index contributed by atoms with van der Waals surface area (Å²) < 4.78 is 10.0. The summed E-state index contributed by atoms with van der Waals surface area (Å²) in [5.74, 6) is 0.0137. The molecule has 0 bridgehead atoms. The number of aryl methyl sites for hydroxylation is 1. The fraction of sp³-hybridized carbons (Fsp3) is 0.143. The van der Waals surface area contributed by atoms with Crippen LogP contribution in [0.1, 0.15) is 16.1 Å². The molecule has 2 aromatic rings. The first-order valence-electron chi connectivity index (χ1n) is 5.42. The molecule has 0 spiro atoms. The minimum atomic E-state index is -0.680. The van der Waals surface area contributed by atoms with Gasteiger partial charge in [0.05, 0.1) is 7.11 Å². The lowest BCUT2D eigenvalue weighted by Crippen LogP contribution is -2.17. The SMILES string of the molecule is COC(=O)c1c(C)oc(-c2ccccc2)cc1=O. The van der Waals surface area contributed by atoms with E-state index in [1.54, 1.807) is 6.92 Å². The summed E-state index contributed by atoms with van der Waals surface area (Å²) in [5, 5.41) is 0. The minimum absolute atomic E-state index is 0.0582. The van der Waals surface area contributed by atoms with E-state index in [9.17, 15) is 9.59 Å². The van der Waals surface area contributed by atoms with E-state index in [2.05, 4.69) is 4.74 Å². The quantitative estimate of drug-likeness (QED) is 0.761. The molecule has 0 radical (unpaired) electrons. The predicted molar refractivity (Wildman–Crippen MR) is 66.5 cm³/mol. The van der Waals surface area contributed by atoms with Crippen molar-refractivity contribution < 1.29 is 13.9 Å². The number of esters is 1. The van der Waals surface area contributed by atoms with Gasteiger partial charge in [-0.25, -0.2) is 4.79 Å². The second-order valence-corrected chi connectivity index (χ2v) is 3.76. The van der Waals surface area contributed by atoms with Crippen LogP contribution in [-0.2, 0) is 4.74 Å². The first kappa shape index (κ1) is 12.1. The molecule has 92 valence electrons. The molecule has 0 fully saturated rings. The van der Waals surface area contributed by atoms with Crippen LogP contribution in [0.15, 0.2) is 45.6 Å². The van der Waals surface area contributed by atoms with Gasteiger partial charge in [0.1, 0.15) is 17.1 Å². The monoisotopic (exact) mass is 244 g/mol. The van der Waals surface area contributed by atoms with E-state index in [1.807, 2.05) is 30.3 Å². The van der Waals surface area contributed by atoms with Crippen molar-refractivity contribution in [2.75, 3.05) is 7.11 Å². The highest BCUT2D eigenvalue weighted by Gasteiger charge is 2.17. The summed E-state index contributed by atoms with van der Waals surface area (Å²) in [4.78, 5) is 23.3. The van der Waals surface area contributed by atoms with Gasteiger partial charge in [0.15, 0.2) is 5.43 Å². The molecule has 0 unspecified atom stereocenters. The lowest BCUT2D eigenvalue weighted by Gasteiger charge is -2.05. The van der Waals surface area contributed by atoms with Gasteiger partial charge < -0.3 is 9.15 Å². The molecule has 0 aliphatic rings. The maximum Gasteiger partial charge on any atom is 0.345 e. The highest BCUT2D eigenvalue weighted by molar-refractivity contribution is 5.90. The normalized spacial score (nSPS) is 10.1. The summed E-state index contributed by atoms with van der Waals surface area (Å²) in [6, 6.07) is 10.5. The first-order valence-corrected chi connectivity index (χ1v) is 5.42. The summed E-state index contributed by atoms with van der Waals surface area (Å²) >= 11 is 0. The highest BCUT2D eigenvalue weighted by atomic mass is 16.5. The smallest absolute Gasteiger partial charge is 0.345 e. The Labute approximate surface area is 104 Å². The average Bonchev–Trinajstić information content (AvgIpc) is 2.38. The molecule has 0 aliphatic carbocycles. The van der Waals surface area contributed by atoms with Gasteiger partial charge in [0.2, 0.25) is 0 Å². The molecule has 0 N–H and O–H groups in total. The lowest BCUT2D eigenvalue weighted by atomic mass is 10.1. The highest BCUT2D eigenvalue weighted by Crippen LogP contribution is 2.19. The van der Waals surface area contributed by atoms with Crippen LogP contribution in [0.25, 0.3) is 11.3 Å². The molecule has 0 amide bonds. The van der Waals surface area contributed by atoms with Gasteiger partial charge in [-0.15, -0.1) is 0 Å². The summed E-state index contributed by atoms with van der Waals surface area (Å²) in [6.07, 6.45) is 0. The molecule has 0 aliphatic heterocycles. The zero-order valence-corrected chi connectivity index (χ0v) is 10.1. The number of hydrogen-bond donors (Lipinski definition) is 0. The Morgan fingerprint density at radius 1 is 1.22 bits per heavy atom. The number of carbonyl (C=O) groups excluding carboxylic acids is 1. The van der Waals surface area contributed by atoms with Crippen molar-refractivity contribution >= 4 is 5.97 Å². The van der Waals surface area contributed by atoms with Gasteiger partial charge in [-0.1, -0.05) is 30.3 Å². The number of methoxy groups -OCH3 is 1. The van der Waals surface area contributed by atoms with Crippen LogP contribution in [-0.4, -0.2) is 13.1 Å². The van der Waals surface area contributed by atoms with Crippen LogP contribution in [0.2, 0.25) is 0 Å². The van der Waals surface area contributed by atoms with Crippen molar-refractivity contribution in [1.82, 2.24) is 0 Å². The van der Waals surface area contributed by atoms with Gasteiger partial charge in [-0.2, -0.15) is 0 Å². The molecule has 1 aromatic heterocycles. The van der Waals surface area contributed by atoms with E-state index in [-0.39, 0.29) is 11.3 Å². The Morgan fingerprint density at radius 2 is 1.89 bits per heavy atom. The van der Waals surface area contributed by atoms with Gasteiger partial charge in [-0.3, -0.25) is 4.79 Å². The van der Waals surface area contributed by atoms with Crippen LogP contribution in [0, 0.1) is 6.92 Å². The Bertz CT molecular complexity index is 626. The molecular formula is C14H12O4. The molecule has 4 heteroatoms. The van der Waals surface area contributed by atoms with E-state index < -0.39 is 11.4 Å². The van der Waals surface area contributed by atoms with Crippen molar-refractivity contribution in [1.29, 1.82) is 0 Å². The molecule has 0 saturated heterocycles. The summed E-state index contributed by atoms with van der Waals surface area (Å²) in [6.45, 7) is 1.57. The van der Waals surface area contributed by atoms with E-state index >= 15 is 0 Å². The Morgan fingerprint density at radius 3 is 2.44 bits per heavy atom. The van der Waals surface area contributed by atoms with E-state index in [1.165, 1.54) is 13.2 Å². The largest absolute Gasteiger partial charge is 0.465 e. The molecule has 2 rings (SSSR count). The first-order chi connectivity index (χ1) is 8.63. The van der Waals surface area contributed by atoms with E-state index in [0.29, 0.717) is 5.76 Å². The Balaban J connectivity index is 2.57. The molecule has 1 heterocycles. The third kappa shape index (κ3) is 2.18. The zero-order valence-electron chi connectivity index (χ0n) is 10.1. The average molecular weight is 244 g/mol. The molecule has 0 saturated carbocycles. The lowest BCUT2D eigenvalue weighted by molar-refractivity contribution is 0.0595. The van der Waals surface area contributed by atoms with Crippen molar-refractivity contribution in [3.8, 4) is 11.3 Å². The predicted octanol–water partition coefficient (Wildman–Crippen LogP) is 2.40. The van der Waals surface area contributed by atoms with Crippen molar-refractivity contribution in [3.05, 3.63) is 57.9 Å². The molecule has 0 atom stereocenters. The van der Waals surface area contributed by atoms with Crippen LogP contribution in [0.5, 0.6) is 0 Å². The number of ether oxygens (including phenoxy) is 1. The second kappa shape index (κ2) is 4.87. The number of carbonyl (C=O) groups is 1. The fourth-order valence-corrected chi connectivity index (χ4v) is 1.70. The second-order valence-electron chi connectivity index (χ2n) is 3.76. The minimum Gasteiger partial charge on any atom is -0.465 e. The topological polar surface area (TPSA) is 56.5 Å². The third-order valence-corrected chi connectivity index (χ3v) is 2.57. The molecular weight excluding hydrogens is 232 g/mol. The van der Waals surface area contributed by atoms with Gasteiger partial charge in [-0.05, 0) is 6.92 Å². The van der Waals surface area contributed by atoms with Crippen LogP contribution >= 0.6 is 0 Å². The number of hydrogen-bond acceptors (Lipinski definition) is 4. The summed E-state index contributed by atoms with van der Waals surface area (Å²) in [5.41, 5.74) is 0.329. The van der Waals surface area contributed by atoms with Crippen LogP contribution < -0.4 is 5.43 Å². The van der Waals surface area contributed by atoms with E-state index in [4.69, 9.17) is 4.42 Å². The van der Waals surface area contributed by atoms with Gasteiger partial charge in [0.25, 0.3) is 0 Å². The fourth-order valence-electron chi connectivity index (χ4n) is 1.70. The molecule has 4 nitrogen and oxygen atoms in total. The standard InChI is InChI=1S/C14H12O4/c1-9-13(14(16)17-2)11(15)8-12(18-9)10-6-4-3-5-7-10/h3-8H,1-2H3. The maximum absolute atomic E-state index is 11.9. The Hall–Kier alpha value is -2.36. The third-order valence-electron chi connectivity index (χ3n) is 2.57. The van der Waals surface area contributed by atoms with Crippen LogP contribution in [0.4, 0.5) is 0 Å². The number of rotatable bonds is 2. The summed E-state index contributed by atoms with van der Waals surface area (Å²) in [7, 11) is 1.23. The Kier molecular flexibility index (Phi) is 3.28.